The smallest absolute Gasteiger partial charge is 0.321 e. The molecule has 0 radical (unpaired) electrons. The van der Waals surface area contributed by atoms with Crippen LogP contribution in [0.1, 0.15) is 24.2 Å². The SMILES string of the molecule is COc1ccc(NC(=O)N(C)C[C@@H]2Oc3ccc(NS(=O)(=O)c4cccs4)cc3C(=O)N([C@H](C)CO)C[C@@H]2C)cc1. The minimum absolute atomic E-state index is 0.146. The molecule has 0 spiro atoms. The molecule has 1 aromatic heterocycles. The van der Waals surface area contributed by atoms with Crippen LogP contribution in [-0.2, 0) is 10.0 Å². The molecule has 0 unspecified atom stereocenters. The molecular weight excluding hydrogens is 568 g/mol. The Balaban J connectivity index is 1.58. The summed E-state index contributed by atoms with van der Waals surface area (Å²) in [5.74, 6) is 0.319. The standard InChI is InChI=1S/C28H34N4O7S2/c1-18-15-32(19(2)17-33)27(34)23-14-21(30-41(36,37)26-6-5-13-40-26)9-12-24(23)39-25(18)16-31(3)28(35)29-20-7-10-22(38-4)11-8-20/h5-14,18-19,25,30,33H,15-17H2,1-4H3,(H,29,35)/t18-,19+,25-/m0/s1. The Morgan fingerprint density at radius 2 is 1.93 bits per heavy atom. The summed E-state index contributed by atoms with van der Waals surface area (Å²) in [5.41, 5.74) is 0.955. The lowest BCUT2D eigenvalue weighted by Gasteiger charge is -2.38. The monoisotopic (exact) mass is 602 g/mol. The van der Waals surface area contributed by atoms with Crippen molar-refractivity contribution < 1.29 is 32.6 Å². The van der Waals surface area contributed by atoms with Crippen molar-refractivity contribution in [1.82, 2.24) is 9.80 Å². The number of nitrogens with one attached hydrogen (secondary N) is 2. The fourth-order valence-corrected chi connectivity index (χ4v) is 6.41. The van der Waals surface area contributed by atoms with Gasteiger partial charge < -0.3 is 29.7 Å². The first kappa shape index (κ1) is 30.2. The molecule has 3 atom stereocenters. The first-order chi connectivity index (χ1) is 19.5. The van der Waals surface area contributed by atoms with Gasteiger partial charge >= 0.3 is 6.03 Å². The first-order valence-corrected chi connectivity index (χ1v) is 15.3. The van der Waals surface area contributed by atoms with Gasteiger partial charge in [-0.25, -0.2) is 13.2 Å². The molecule has 0 saturated heterocycles. The molecule has 1 aliphatic rings. The fourth-order valence-electron chi connectivity index (χ4n) is 4.37. The number of fused-ring (bicyclic) bond motifs is 1. The number of methoxy groups -OCH3 is 1. The number of ether oxygens (including phenoxy) is 2. The number of benzene rings is 2. The molecule has 1 aliphatic heterocycles. The quantitative estimate of drug-likeness (QED) is 0.337. The third-order valence-corrected chi connectivity index (χ3v) is 9.60. The zero-order valence-electron chi connectivity index (χ0n) is 23.2. The van der Waals surface area contributed by atoms with Gasteiger partial charge in [0, 0.05) is 30.9 Å². The Hall–Kier alpha value is -3.81. The minimum atomic E-state index is -3.83. The molecule has 0 aliphatic carbocycles. The number of carbonyl (C=O) groups is 2. The molecule has 41 heavy (non-hydrogen) atoms. The summed E-state index contributed by atoms with van der Waals surface area (Å²) in [6, 6.07) is 13.8. The molecule has 3 N–H and O–H groups in total. The molecule has 0 saturated carbocycles. The van der Waals surface area contributed by atoms with E-state index in [9.17, 15) is 23.1 Å². The van der Waals surface area contributed by atoms with E-state index >= 15 is 0 Å². The molecule has 220 valence electrons. The normalized spacial score (nSPS) is 17.9. The minimum Gasteiger partial charge on any atom is -0.497 e. The van der Waals surface area contributed by atoms with Gasteiger partial charge in [0.15, 0.2) is 0 Å². The van der Waals surface area contributed by atoms with Crippen LogP contribution in [0.2, 0.25) is 0 Å². The van der Waals surface area contributed by atoms with Crippen molar-refractivity contribution in [2.75, 3.05) is 43.9 Å². The van der Waals surface area contributed by atoms with Crippen LogP contribution in [0, 0.1) is 5.92 Å². The topological polar surface area (TPSA) is 138 Å². The number of carbonyl (C=O) groups excluding carboxylic acids is 2. The Kier molecular flexibility index (Phi) is 9.41. The number of rotatable bonds is 9. The van der Waals surface area contributed by atoms with Crippen molar-refractivity contribution in [3.05, 3.63) is 65.5 Å². The molecule has 11 nitrogen and oxygen atoms in total. The number of hydrogen-bond acceptors (Lipinski definition) is 8. The van der Waals surface area contributed by atoms with E-state index < -0.39 is 28.1 Å². The van der Waals surface area contributed by atoms with E-state index in [0.717, 1.165) is 11.3 Å². The lowest BCUT2D eigenvalue weighted by Crippen LogP contribution is -2.50. The summed E-state index contributed by atoms with van der Waals surface area (Å²) in [6.45, 7) is 3.85. The number of anilines is 2. The second-order valence-electron chi connectivity index (χ2n) is 9.91. The predicted octanol–water partition coefficient (Wildman–Crippen LogP) is 3.94. The summed E-state index contributed by atoms with van der Waals surface area (Å²) < 4.78 is 39.7. The zero-order valence-corrected chi connectivity index (χ0v) is 24.9. The van der Waals surface area contributed by atoms with E-state index in [4.69, 9.17) is 9.47 Å². The molecule has 13 heteroatoms. The van der Waals surface area contributed by atoms with Crippen LogP contribution < -0.4 is 19.5 Å². The molecule has 2 heterocycles. The fraction of sp³-hybridized carbons (Fsp3) is 0.357. The van der Waals surface area contributed by atoms with Gasteiger partial charge in [-0.3, -0.25) is 9.52 Å². The number of aliphatic hydroxyl groups excluding tert-OH is 1. The lowest BCUT2D eigenvalue weighted by atomic mass is 9.99. The summed E-state index contributed by atoms with van der Waals surface area (Å²) in [6.07, 6.45) is -0.518. The van der Waals surface area contributed by atoms with Crippen LogP contribution in [-0.4, -0.2) is 81.3 Å². The summed E-state index contributed by atoms with van der Waals surface area (Å²) in [5, 5.41) is 14.4. The number of amides is 3. The van der Waals surface area contributed by atoms with Crippen LogP contribution in [0.3, 0.4) is 0 Å². The Labute approximate surface area is 243 Å². The molecular formula is C28H34N4O7S2. The van der Waals surface area contributed by atoms with E-state index in [0.29, 0.717) is 11.4 Å². The van der Waals surface area contributed by atoms with Crippen LogP contribution in [0.15, 0.2) is 64.2 Å². The van der Waals surface area contributed by atoms with Crippen LogP contribution in [0.25, 0.3) is 0 Å². The van der Waals surface area contributed by atoms with Gasteiger partial charge in [-0.05, 0) is 60.8 Å². The van der Waals surface area contributed by atoms with Crippen LogP contribution in [0.5, 0.6) is 11.5 Å². The lowest BCUT2D eigenvalue weighted by molar-refractivity contribution is 0.0371. The number of sulfonamides is 1. The van der Waals surface area contributed by atoms with E-state index in [-0.39, 0.29) is 52.9 Å². The van der Waals surface area contributed by atoms with Crippen LogP contribution in [0.4, 0.5) is 16.2 Å². The molecule has 0 bridgehead atoms. The van der Waals surface area contributed by atoms with Crippen molar-refractivity contribution in [2.24, 2.45) is 5.92 Å². The van der Waals surface area contributed by atoms with Gasteiger partial charge in [-0.1, -0.05) is 13.0 Å². The van der Waals surface area contributed by atoms with Gasteiger partial charge in [0.25, 0.3) is 15.9 Å². The average Bonchev–Trinajstić information content (AvgIpc) is 3.51. The van der Waals surface area contributed by atoms with Crippen molar-refractivity contribution in [1.29, 1.82) is 0 Å². The zero-order chi connectivity index (χ0) is 29.7. The van der Waals surface area contributed by atoms with Gasteiger partial charge in [0.05, 0.1) is 31.9 Å². The summed E-state index contributed by atoms with van der Waals surface area (Å²) >= 11 is 1.08. The maximum Gasteiger partial charge on any atom is 0.321 e. The second kappa shape index (κ2) is 12.8. The number of aliphatic hydroxyl groups is 1. The molecule has 4 rings (SSSR count). The number of urea groups is 1. The highest BCUT2D eigenvalue weighted by atomic mass is 32.2. The number of hydrogen-bond donors (Lipinski definition) is 3. The van der Waals surface area contributed by atoms with Gasteiger partial charge in [0.1, 0.15) is 21.8 Å². The predicted molar refractivity (Wildman–Crippen MR) is 157 cm³/mol. The summed E-state index contributed by atoms with van der Waals surface area (Å²) in [7, 11) is -0.620. The molecule has 2 aromatic carbocycles. The highest BCUT2D eigenvalue weighted by Gasteiger charge is 2.34. The Morgan fingerprint density at radius 3 is 2.56 bits per heavy atom. The maximum atomic E-state index is 13.6. The van der Waals surface area contributed by atoms with Gasteiger partial charge in [-0.15, -0.1) is 11.3 Å². The van der Waals surface area contributed by atoms with Crippen LogP contribution >= 0.6 is 11.3 Å². The molecule has 0 fully saturated rings. The van der Waals surface area contributed by atoms with E-state index in [1.54, 1.807) is 67.8 Å². The van der Waals surface area contributed by atoms with Gasteiger partial charge in [-0.2, -0.15) is 0 Å². The second-order valence-corrected chi connectivity index (χ2v) is 12.8. The number of likely N-dealkylation sites (N-methyl/N-ethyl adjacent to an activating group) is 1. The number of thiophene rings is 1. The maximum absolute atomic E-state index is 13.6. The van der Waals surface area contributed by atoms with Crippen molar-refractivity contribution in [3.8, 4) is 11.5 Å². The molecule has 3 aromatic rings. The van der Waals surface area contributed by atoms with Crippen molar-refractivity contribution in [2.45, 2.75) is 30.2 Å². The summed E-state index contributed by atoms with van der Waals surface area (Å²) in [4.78, 5) is 29.7. The van der Waals surface area contributed by atoms with Crippen molar-refractivity contribution >= 4 is 44.7 Å². The highest BCUT2D eigenvalue weighted by molar-refractivity contribution is 7.94. The third-order valence-electron chi connectivity index (χ3n) is 6.82. The number of nitrogens with zero attached hydrogens (tertiary/aromatic N) is 2. The van der Waals surface area contributed by atoms with Gasteiger partial charge in [0.2, 0.25) is 0 Å². The largest absolute Gasteiger partial charge is 0.497 e. The van der Waals surface area contributed by atoms with E-state index in [1.807, 2.05) is 6.92 Å². The van der Waals surface area contributed by atoms with E-state index in [1.165, 1.54) is 23.1 Å². The first-order valence-electron chi connectivity index (χ1n) is 13.0. The van der Waals surface area contributed by atoms with Crippen molar-refractivity contribution in [3.63, 3.8) is 0 Å². The Bertz CT molecular complexity index is 1460. The molecule has 3 amide bonds. The Morgan fingerprint density at radius 1 is 1.22 bits per heavy atom. The third kappa shape index (κ3) is 7.10. The average molecular weight is 603 g/mol. The van der Waals surface area contributed by atoms with E-state index in [2.05, 4.69) is 10.0 Å². The highest BCUT2D eigenvalue weighted by Crippen LogP contribution is 2.32.